The number of amides is 1. The zero-order chi connectivity index (χ0) is 22.8. The number of hydrogen-bond acceptors (Lipinski definition) is 5. The maximum Gasteiger partial charge on any atom is 0.223 e. The quantitative estimate of drug-likeness (QED) is 0.504. The third-order valence-corrected chi connectivity index (χ3v) is 6.41. The van der Waals surface area contributed by atoms with E-state index in [1.165, 1.54) is 5.56 Å². The van der Waals surface area contributed by atoms with E-state index in [4.69, 9.17) is 5.10 Å². The third-order valence-electron chi connectivity index (χ3n) is 6.41. The Morgan fingerprint density at radius 2 is 1.70 bits per heavy atom. The molecule has 0 bridgehead atoms. The second-order valence-electron chi connectivity index (χ2n) is 8.75. The van der Waals surface area contributed by atoms with Gasteiger partial charge in [-0.1, -0.05) is 60.2 Å². The molecule has 2 aromatic carbocycles. The summed E-state index contributed by atoms with van der Waals surface area (Å²) in [4.78, 5) is 15.1. The fourth-order valence-electron chi connectivity index (χ4n) is 4.36. The van der Waals surface area contributed by atoms with Gasteiger partial charge in [0.05, 0.1) is 6.04 Å². The summed E-state index contributed by atoms with van der Waals surface area (Å²) in [6.45, 7) is 5.68. The number of nitrogens with one attached hydrogen (secondary N) is 1. The number of benzene rings is 2. The molecular weight excluding hydrogens is 412 g/mol. The van der Waals surface area contributed by atoms with Crippen molar-refractivity contribution in [1.29, 1.82) is 0 Å². The zero-order valence-electron chi connectivity index (χ0n) is 19.0. The normalized spacial score (nSPS) is 15.5. The van der Waals surface area contributed by atoms with Crippen molar-refractivity contribution >= 4 is 17.4 Å². The van der Waals surface area contributed by atoms with Crippen molar-refractivity contribution in [2.45, 2.75) is 32.7 Å². The highest BCUT2D eigenvalue weighted by atomic mass is 16.1. The van der Waals surface area contributed by atoms with Gasteiger partial charge in [-0.05, 0) is 44.4 Å². The Bertz CT molecular complexity index is 1240. The largest absolute Gasteiger partial charge is 0.355 e. The topological polar surface area (TPSA) is 75.4 Å². The highest BCUT2D eigenvalue weighted by Gasteiger charge is 2.27. The second-order valence-corrected chi connectivity index (χ2v) is 8.75. The van der Waals surface area contributed by atoms with E-state index in [1.807, 2.05) is 61.5 Å². The van der Waals surface area contributed by atoms with Crippen molar-refractivity contribution in [3.8, 4) is 11.4 Å². The van der Waals surface area contributed by atoms with Crippen LogP contribution >= 0.6 is 0 Å². The first-order valence-corrected chi connectivity index (χ1v) is 11.5. The van der Waals surface area contributed by atoms with Crippen LogP contribution in [0.15, 0.2) is 66.7 Å². The van der Waals surface area contributed by atoms with E-state index in [0.29, 0.717) is 0 Å². The highest BCUT2D eigenvalue weighted by molar-refractivity contribution is 5.79. The van der Waals surface area contributed by atoms with Gasteiger partial charge in [-0.15, -0.1) is 15.3 Å². The SMILES string of the molecule is Cc1ccc(-c2nnc3ccc(N4CCC(C(=O)N[C@H](C)c5ccccc5)CC4)nn23)cc1. The van der Waals surface area contributed by atoms with Crippen LogP contribution in [0.25, 0.3) is 17.0 Å². The van der Waals surface area contributed by atoms with Crippen LogP contribution in [0.3, 0.4) is 0 Å². The molecule has 0 saturated carbocycles. The van der Waals surface area contributed by atoms with Crippen molar-refractivity contribution in [3.05, 3.63) is 77.9 Å². The Morgan fingerprint density at radius 1 is 0.970 bits per heavy atom. The Kier molecular flexibility index (Phi) is 5.77. The van der Waals surface area contributed by atoms with Gasteiger partial charge in [0.15, 0.2) is 11.5 Å². The van der Waals surface area contributed by atoms with Gasteiger partial charge in [-0.25, -0.2) is 0 Å². The van der Waals surface area contributed by atoms with Gasteiger partial charge in [-0.3, -0.25) is 4.79 Å². The number of aryl methyl sites for hydroxylation is 1. The van der Waals surface area contributed by atoms with Crippen LogP contribution in [0.2, 0.25) is 0 Å². The first kappa shape index (κ1) is 21.1. The van der Waals surface area contributed by atoms with Crippen LogP contribution < -0.4 is 10.2 Å². The van der Waals surface area contributed by atoms with Crippen LogP contribution in [0.5, 0.6) is 0 Å². The fourth-order valence-corrected chi connectivity index (χ4v) is 4.36. The van der Waals surface area contributed by atoms with Gasteiger partial charge in [0, 0.05) is 24.6 Å². The molecule has 1 N–H and O–H groups in total. The van der Waals surface area contributed by atoms with E-state index in [2.05, 4.69) is 39.5 Å². The summed E-state index contributed by atoms with van der Waals surface area (Å²) in [5, 5.41) is 16.6. The number of carbonyl (C=O) groups excluding carboxylic acids is 1. The molecule has 4 aromatic rings. The molecule has 1 fully saturated rings. The number of anilines is 1. The first-order valence-electron chi connectivity index (χ1n) is 11.5. The van der Waals surface area contributed by atoms with Gasteiger partial charge >= 0.3 is 0 Å². The Morgan fingerprint density at radius 3 is 2.42 bits per heavy atom. The zero-order valence-corrected chi connectivity index (χ0v) is 19.0. The predicted molar refractivity (Wildman–Crippen MR) is 129 cm³/mol. The second kappa shape index (κ2) is 9.02. The third kappa shape index (κ3) is 4.44. The fraction of sp³-hybridized carbons (Fsp3) is 0.308. The number of fused-ring (bicyclic) bond motifs is 1. The number of carbonyl (C=O) groups is 1. The molecule has 5 rings (SSSR count). The molecule has 7 heteroatoms. The molecule has 0 aliphatic carbocycles. The molecule has 0 radical (unpaired) electrons. The van der Waals surface area contributed by atoms with E-state index in [-0.39, 0.29) is 17.9 Å². The molecule has 3 heterocycles. The standard InChI is InChI=1S/C26H28N6O/c1-18-8-10-21(11-9-18)25-29-28-23-12-13-24(30-32(23)25)31-16-14-22(15-17-31)26(33)27-19(2)20-6-4-3-5-7-20/h3-13,19,22H,14-17H2,1-2H3,(H,27,33)/t19-/m1/s1. The molecule has 2 aromatic heterocycles. The van der Waals surface area contributed by atoms with E-state index in [9.17, 15) is 4.79 Å². The van der Waals surface area contributed by atoms with Gasteiger partial charge in [0.25, 0.3) is 0 Å². The molecule has 1 amide bonds. The number of aromatic nitrogens is 4. The minimum absolute atomic E-state index is 0.00902. The van der Waals surface area contributed by atoms with E-state index in [0.717, 1.165) is 54.3 Å². The average Bonchev–Trinajstić information content (AvgIpc) is 3.28. The molecule has 0 spiro atoms. The van der Waals surface area contributed by atoms with Crippen LogP contribution in [0.4, 0.5) is 5.82 Å². The van der Waals surface area contributed by atoms with E-state index >= 15 is 0 Å². The van der Waals surface area contributed by atoms with Crippen molar-refractivity contribution in [3.63, 3.8) is 0 Å². The molecule has 168 valence electrons. The number of hydrogen-bond donors (Lipinski definition) is 1. The van der Waals surface area contributed by atoms with Gasteiger partial charge in [0.1, 0.15) is 5.82 Å². The minimum atomic E-state index is 0.00902. The highest BCUT2D eigenvalue weighted by Crippen LogP contribution is 2.25. The Labute approximate surface area is 193 Å². The summed E-state index contributed by atoms with van der Waals surface area (Å²) in [6.07, 6.45) is 1.61. The summed E-state index contributed by atoms with van der Waals surface area (Å²) in [6, 6.07) is 22.2. The maximum absolute atomic E-state index is 12.8. The summed E-state index contributed by atoms with van der Waals surface area (Å²) >= 11 is 0. The first-order chi connectivity index (χ1) is 16.1. The van der Waals surface area contributed by atoms with Crippen LogP contribution in [0.1, 0.15) is 36.9 Å². The molecule has 1 saturated heterocycles. The molecule has 0 unspecified atom stereocenters. The molecule has 1 aliphatic rings. The van der Waals surface area contributed by atoms with Crippen LogP contribution in [-0.4, -0.2) is 38.8 Å². The van der Waals surface area contributed by atoms with Crippen LogP contribution in [-0.2, 0) is 4.79 Å². The number of rotatable bonds is 5. The van der Waals surface area contributed by atoms with Crippen molar-refractivity contribution in [1.82, 2.24) is 25.1 Å². The molecule has 1 aliphatic heterocycles. The lowest BCUT2D eigenvalue weighted by Gasteiger charge is -2.32. The smallest absolute Gasteiger partial charge is 0.223 e. The minimum Gasteiger partial charge on any atom is -0.355 e. The van der Waals surface area contributed by atoms with Gasteiger partial charge in [-0.2, -0.15) is 4.52 Å². The van der Waals surface area contributed by atoms with Crippen molar-refractivity contribution < 1.29 is 4.79 Å². The average molecular weight is 441 g/mol. The molecule has 7 nitrogen and oxygen atoms in total. The molecular formula is C26H28N6O. The van der Waals surface area contributed by atoms with Crippen LogP contribution in [0, 0.1) is 12.8 Å². The van der Waals surface area contributed by atoms with Gasteiger partial charge in [0.2, 0.25) is 5.91 Å². The lowest BCUT2D eigenvalue weighted by Crippen LogP contribution is -2.41. The Hall–Kier alpha value is -3.74. The Balaban J connectivity index is 1.26. The lowest BCUT2D eigenvalue weighted by atomic mass is 9.95. The predicted octanol–water partition coefficient (Wildman–Crippen LogP) is 4.19. The monoisotopic (exact) mass is 440 g/mol. The van der Waals surface area contributed by atoms with Gasteiger partial charge < -0.3 is 10.2 Å². The summed E-state index contributed by atoms with van der Waals surface area (Å²) in [7, 11) is 0. The molecule has 1 atom stereocenters. The van der Waals surface area contributed by atoms with E-state index in [1.54, 1.807) is 4.52 Å². The summed E-state index contributed by atoms with van der Waals surface area (Å²) in [5.74, 6) is 1.77. The van der Waals surface area contributed by atoms with Crippen molar-refractivity contribution in [2.75, 3.05) is 18.0 Å². The summed E-state index contributed by atoms with van der Waals surface area (Å²) < 4.78 is 1.81. The molecule has 33 heavy (non-hydrogen) atoms. The lowest BCUT2D eigenvalue weighted by molar-refractivity contribution is -0.126. The van der Waals surface area contributed by atoms with E-state index < -0.39 is 0 Å². The van der Waals surface area contributed by atoms with Crippen molar-refractivity contribution in [2.24, 2.45) is 5.92 Å². The number of nitrogens with zero attached hydrogens (tertiary/aromatic N) is 5. The maximum atomic E-state index is 12.8. The number of piperidine rings is 1. The summed E-state index contributed by atoms with van der Waals surface area (Å²) in [5.41, 5.74) is 4.03.